The van der Waals surface area contributed by atoms with E-state index in [1.807, 2.05) is 13.0 Å². The number of phosphoric ester groups is 1. The molecule has 1 aromatic heterocycles. The quantitative estimate of drug-likeness (QED) is 0.0760. The molecule has 0 saturated carbocycles. The molecule has 0 spiro atoms. The van der Waals surface area contributed by atoms with Crippen molar-refractivity contribution in [3.63, 3.8) is 0 Å². The molecule has 4 rings (SSSR count). The maximum Gasteiger partial charge on any atom is 0.530 e. The van der Waals surface area contributed by atoms with Crippen LogP contribution in [0.2, 0.25) is 0 Å². The highest BCUT2D eigenvalue weighted by Crippen LogP contribution is 2.56. The van der Waals surface area contributed by atoms with Crippen LogP contribution >= 0.6 is 7.82 Å². The van der Waals surface area contributed by atoms with E-state index < -0.39 is 50.4 Å². The van der Waals surface area contributed by atoms with Gasteiger partial charge in [-0.25, -0.2) is 9.36 Å². The Balaban J connectivity index is 1.27. The van der Waals surface area contributed by atoms with E-state index in [9.17, 15) is 14.2 Å². The van der Waals surface area contributed by atoms with E-state index >= 15 is 8.78 Å². The first kappa shape index (κ1) is 38.1. The number of hydrogen-bond acceptors (Lipinski definition) is 9. The van der Waals surface area contributed by atoms with Gasteiger partial charge >= 0.3 is 25.4 Å². The summed E-state index contributed by atoms with van der Waals surface area (Å²) in [4.78, 5) is 29.1. The summed E-state index contributed by atoms with van der Waals surface area (Å²) in [5, 5.41) is 0. The van der Waals surface area contributed by atoms with Gasteiger partial charge in [0.2, 0.25) is 6.23 Å². The second-order valence-electron chi connectivity index (χ2n) is 12.9. The van der Waals surface area contributed by atoms with Gasteiger partial charge in [-0.15, -0.1) is 0 Å². The zero-order chi connectivity index (χ0) is 34.6. The molecule has 4 atom stereocenters. The van der Waals surface area contributed by atoms with Crippen LogP contribution in [0.4, 0.5) is 8.78 Å². The van der Waals surface area contributed by atoms with Crippen LogP contribution in [0.3, 0.4) is 0 Å². The fourth-order valence-electron chi connectivity index (χ4n) is 6.05. The lowest BCUT2D eigenvalue weighted by Gasteiger charge is -2.27. The molecule has 0 radical (unpaired) electrons. The zero-order valence-corrected chi connectivity index (χ0v) is 29.4. The van der Waals surface area contributed by atoms with Crippen LogP contribution in [-0.4, -0.2) is 40.3 Å². The van der Waals surface area contributed by atoms with E-state index in [1.165, 1.54) is 63.9 Å². The maximum atomic E-state index is 15.9. The highest BCUT2D eigenvalue weighted by Gasteiger charge is 2.63. The molecule has 268 valence electrons. The van der Waals surface area contributed by atoms with Gasteiger partial charge in [-0.1, -0.05) is 103 Å². The maximum absolute atomic E-state index is 15.9. The highest BCUT2D eigenvalue weighted by atomic mass is 31.2. The van der Waals surface area contributed by atoms with Crippen molar-refractivity contribution in [2.24, 2.45) is 0 Å². The summed E-state index contributed by atoms with van der Waals surface area (Å²) < 4.78 is 72.9. The number of fused-ring (bicyclic) bond motifs is 1. The predicted octanol–water partition coefficient (Wildman–Crippen LogP) is 8.91. The summed E-state index contributed by atoms with van der Waals surface area (Å²) >= 11 is 0. The topological polar surface area (TPSA) is 115 Å². The van der Waals surface area contributed by atoms with Crippen molar-refractivity contribution < 1.29 is 41.2 Å². The number of benzene rings is 1. The molecule has 3 heterocycles. The van der Waals surface area contributed by atoms with Gasteiger partial charge in [0, 0.05) is 23.9 Å². The summed E-state index contributed by atoms with van der Waals surface area (Å²) in [5.41, 5.74) is 0.947. The molecule has 2 aromatic rings. The molecule has 0 amide bonds. The smallest absolute Gasteiger partial charge is 0.453 e. The number of aryl methyl sites for hydroxylation is 2. The normalized spacial score (nSPS) is 23.1. The number of rotatable bonds is 20. The molecule has 10 nitrogen and oxygen atoms in total. The number of unbranched alkanes of at least 4 members (excludes halogenated alkanes) is 13. The van der Waals surface area contributed by atoms with Crippen LogP contribution in [0.25, 0.3) is 0 Å². The standard InChI is InChI=1S/C35H51F2N2O8P/c1-4-5-6-7-8-9-10-11-12-13-14-15-16-17-21-31(40)46-32-30(45-33(35(32,36)37)39-23-22-27(3)38-34(39)41)25-44-48(42)43-24-28-26(2)19-18-20-29(28)47-48/h18-20,22-23,30,32-33H,4-17,21,24-25H2,1-3H3/t30-,32?,33-,48?/m1/s1. The van der Waals surface area contributed by atoms with Crippen molar-refractivity contribution in [2.75, 3.05) is 6.61 Å². The first-order valence-corrected chi connectivity index (χ1v) is 19.0. The molecule has 13 heteroatoms. The van der Waals surface area contributed by atoms with Gasteiger partial charge < -0.3 is 14.0 Å². The number of alkyl halides is 2. The third-order valence-corrected chi connectivity index (χ3v) is 10.2. The van der Waals surface area contributed by atoms with E-state index in [2.05, 4.69) is 11.9 Å². The lowest BCUT2D eigenvalue weighted by atomic mass is 10.0. The highest BCUT2D eigenvalue weighted by molar-refractivity contribution is 7.49. The zero-order valence-electron chi connectivity index (χ0n) is 28.5. The van der Waals surface area contributed by atoms with Crippen LogP contribution in [0.1, 0.15) is 126 Å². The number of aromatic nitrogens is 2. The minimum absolute atomic E-state index is 0.0459. The molecular weight excluding hydrogens is 645 g/mol. The Hall–Kier alpha value is -2.66. The average Bonchev–Trinajstić information content (AvgIpc) is 3.28. The van der Waals surface area contributed by atoms with E-state index in [-0.39, 0.29) is 13.0 Å². The lowest BCUT2D eigenvalue weighted by molar-refractivity contribution is -0.176. The summed E-state index contributed by atoms with van der Waals surface area (Å²) in [7, 11) is -4.22. The minimum Gasteiger partial charge on any atom is -0.453 e. The van der Waals surface area contributed by atoms with Gasteiger partial charge in [-0.2, -0.15) is 13.8 Å². The summed E-state index contributed by atoms with van der Waals surface area (Å²) in [6, 6.07) is 6.56. The number of nitrogens with zero attached hydrogens (tertiary/aromatic N) is 2. The largest absolute Gasteiger partial charge is 0.530 e. The molecule has 48 heavy (non-hydrogen) atoms. The number of halogens is 2. The molecule has 1 fully saturated rings. The van der Waals surface area contributed by atoms with Crippen LogP contribution < -0.4 is 10.2 Å². The second kappa shape index (κ2) is 18.4. The number of phosphoric acid groups is 1. The Kier molecular flexibility index (Phi) is 14.6. The van der Waals surface area contributed by atoms with Gasteiger partial charge in [-0.05, 0) is 38.0 Å². The Morgan fingerprint density at radius 1 is 0.979 bits per heavy atom. The van der Waals surface area contributed by atoms with Gasteiger partial charge in [-0.3, -0.25) is 18.4 Å². The number of ether oxygens (including phenoxy) is 2. The number of esters is 1. The van der Waals surface area contributed by atoms with Crippen molar-refractivity contribution in [3.05, 3.63) is 57.8 Å². The van der Waals surface area contributed by atoms with Gasteiger partial charge in [0.15, 0.2) is 6.10 Å². The first-order valence-electron chi connectivity index (χ1n) is 17.5. The Labute approximate surface area is 282 Å². The van der Waals surface area contributed by atoms with Crippen LogP contribution in [-0.2, 0) is 34.5 Å². The SMILES string of the molecule is CCCCCCCCCCCCCCCCC(=O)OC1[C@@H](COP2(=O)OCc3c(C)cccc3O2)O[C@@H](n2ccc(C)nc2=O)C1(F)F. The minimum atomic E-state index is -4.22. The van der Waals surface area contributed by atoms with Crippen LogP contribution in [0.5, 0.6) is 5.75 Å². The molecule has 0 bridgehead atoms. The molecule has 2 unspecified atom stereocenters. The van der Waals surface area contributed by atoms with Crippen LogP contribution in [0, 0.1) is 13.8 Å². The molecule has 2 aliphatic heterocycles. The Bertz CT molecular complexity index is 1440. The third-order valence-electron chi connectivity index (χ3n) is 8.91. The first-order chi connectivity index (χ1) is 23.0. The molecule has 1 saturated heterocycles. The van der Waals surface area contributed by atoms with Gasteiger partial charge in [0.1, 0.15) is 11.9 Å². The third kappa shape index (κ3) is 10.7. The molecule has 0 N–H and O–H groups in total. The van der Waals surface area contributed by atoms with E-state index in [0.29, 0.717) is 28.0 Å². The summed E-state index contributed by atoms with van der Waals surface area (Å²) in [6.45, 7) is 4.85. The van der Waals surface area contributed by atoms with Crippen molar-refractivity contribution in [1.29, 1.82) is 0 Å². The fraction of sp³-hybridized carbons (Fsp3) is 0.686. The fourth-order valence-corrected chi connectivity index (χ4v) is 7.26. The molecule has 0 aliphatic carbocycles. The van der Waals surface area contributed by atoms with Crippen LogP contribution in [0.15, 0.2) is 35.3 Å². The molecule has 2 aliphatic rings. The van der Waals surface area contributed by atoms with E-state index in [0.717, 1.165) is 37.4 Å². The predicted molar refractivity (Wildman–Crippen MR) is 177 cm³/mol. The monoisotopic (exact) mass is 696 g/mol. The van der Waals surface area contributed by atoms with Crippen molar-refractivity contribution in [3.8, 4) is 5.75 Å². The number of carbonyl (C=O) groups is 1. The van der Waals surface area contributed by atoms with Crippen molar-refractivity contribution in [2.45, 2.75) is 148 Å². The number of hydrogen-bond donors (Lipinski definition) is 0. The van der Waals surface area contributed by atoms with Gasteiger partial charge in [0.05, 0.1) is 13.2 Å². The number of carbonyl (C=O) groups excluding carboxylic acids is 1. The average molecular weight is 697 g/mol. The Morgan fingerprint density at radius 2 is 1.60 bits per heavy atom. The summed E-state index contributed by atoms with van der Waals surface area (Å²) in [5.74, 6) is -4.36. The Morgan fingerprint density at radius 3 is 2.23 bits per heavy atom. The summed E-state index contributed by atoms with van der Waals surface area (Å²) in [6.07, 6.45) is 11.3. The van der Waals surface area contributed by atoms with E-state index in [1.54, 1.807) is 19.1 Å². The molecule has 1 aromatic carbocycles. The van der Waals surface area contributed by atoms with Gasteiger partial charge in [0.25, 0.3) is 0 Å². The lowest BCUT2D eigenvalue weighted by Crippen LogP contribution is -2.44. The van der Waals surface area contributed by atoms with Crippen molar-refractivity contribution >= 4 is 13.8 Å². The van der Waals surface area contributed by atoms with E-state index in [4.69, 9.17) is 23.0 Å². The molecular formula is C35H51F2N2O8P. The second-order valence-corrected chi connectivity index (χ2v) is 14.5. The van der Waals surface area contributed by atoms with Crippen molar-refractivity contribution in [1.82, 2.24) is 9.55 Å².